The zero-order chi connectivity index (χ0) is 10.9. The van der Waals surface area contributed by atoms with Gasteiger partial charge in [0.2, 0.25) is 0 Å². The van der Waals surface area contributed by atoms with Crippen molar-refractivity contribution in [2.45, 2.75) is 19.6 Å². The number of aryl methyl sites for hydroxylation is 1. The van der Waals surface area contributed by atoms with Crippen molar-refractivity contribution < 1.29 is 13.2 Å². The molecule has 0 atom stereocenters. The first-order valence-corrected chi connectivity index (χ1v) is 3.75. The van der Waals surface area contributed by atoms with E-state index in [9.17, 15) is 13.2 Å². The molecule has 4 nitrogen and oxygen atoms in total. The van der Waals surface area contributed by atoms with E-state index in [-0.39, 0.29) is 12.4 Å². The third kappa shape index (κ3) is 1.51. The van der Waals surface area contributed by atoms with Gasteiger partial charge in [0.25, 0.3) is 0 Å². The molecular formula is C7H7F3N4. The molecule has 0 aliphatic carbocycles. The molecule has 1 aromatic rings. The summed E-state index contributed by atoms with van der Waals surface area (Å²) in [5.41, 5.74) is 3.47. The second-order valence-electron chi connectivity index (χ2n) is 2.53. The van der Waals surface area contributed by atoms with Crippen LogP contribution in [0.4, 0.5) is 19.0 Å². The van der Waals surface area contributed by atoms with Crippen molar-refractivity contribution in [1.82, 2.24) is 9.78 Å². The molecule has 0 bridgehead atoms. The van der Waals surface area contributed by atoms with Gasteiger partial charge in [0.15, 0.2) is 5.69 Å². The normalized spacial score (nSPS) is 11.4. The Morgan fingerprint density at radius 3 is 2.43 bits per heavy atom. The maximum Gasteiger partial charge on any atom is 0.436 e. The lowest BCUT2D eigenvalue weighted by atomic mass is 10.2. The van der Waals surface area contributed by atoms with Crippen LogP contribution in [0.15, 0.2) is 0 Å². The Morgan fingerprint density at radius 1 is 1.57 bits per heavy atom. The molecular weight excluding hydrogens is 197 g/mol. The van der Waals surface area contributed by atoms with Gasteiger partial charge in [0.05, 0.1) is 0 Å². The van der Waals surface area contributed by atoms with Gasteiger partial charge in [-0.3, -0.25) is 0 Å². The molecule has 0 fully saturated rings. The van der Waals surface area contributed by atoms with E-state index in [1.54, 1.807) is 6.92 Å². The van der Waals surface area contributed by atoms with Crippen LogP contribution in [-0.2, 0) is 12.7 Å². The average Bonchev–Trinajstić information content (AvgIpc) is 2.41. The van der Waals surface area contributed by atoms with Gasteiger partial charge in [-0.2, -0.15) is 23.5 Å². The van der Waals surface area contributed by atoms with Crippen LogP contribution in [0.2, 0.25) is 0 Å². The third-order valence-electron chi connectivity index (χ3n) is 1.67. The number of hydrogen-bond acceptors (Lipinski definition) is 3. The SMILES string of the molecule is CCn1nc(C(F)(F)F)c(C#N)c1N. The fourth-order valence-corrected chi connectivity index (χ4v) is 1.02. The maximum absolute atomic E-state index is 12.3. The summed E-state index contributed by atoms with van der Waals surface area (Å²) < 4.78 is 37.8. The van der Waals surface area contributed by atoms with E-state index in [0.717, 1.165) is 4.68 Å². The first-order valence-electron chi connectivity index (χ1n) is 3.75. The molecule has 7 heteroatoms. The summed E-state index contributed by atoms with van der Waals surface area (Å²) in [6, 6.07) is 1.40. The Hall–Kier alpha value is -1.71. The predicted molar refractivity (Wildman–Crippen MR) is 42.0 cm³/mol. The highest BCUT2D eigenvalue weighted by Gasteiger charge is 2.38. The van der Waals surface area contributed by atoms with E-state index < -0.39 is 17.4 Å². The minimum atomic E-state index is -4.64. The van der Waals surface area contributed by atoms with Crippen molar-refractivity contribution in [2.24, 2.45) is 0 Å². The summed E-state index contributed by atoms with van der Waals surface area (Å²) in [6.45, 7) is 1.78. The molecule has 1 heterocycles. The van der Waals surface area contributed by atoms with Crippen LogP contribution in [-0.4, -0.2) is 9.78 Å². The quantitative estimate of drug-likeness (QED) is 0.751. The molecule has 0 saturated heterocycles. The predicted octanol–water partition coefficient (Wildman–Crippen LogP) is 1.38. The summed E-state index contributed by atoms with van der Waals surface area (Å²) in [7, 11) is 0. The zero-order valence-corrected chi connectivity index (χ0v) is 7.26. The number of nitrogen functional groups attached to an aromatic ring is 1. The fraction of sp³-hybridized carbons (Fsp3) is 0.429. The summed E-state index contributed by atoms with van der Waals surface area (Å²) in [5.74, 6) is -0.248. The number of rotatable bonds is 1. The highest BCUT2D eigenvalue weighted by atomic mass is 19.4. The number of nitrogens with zero attached hydrogens (tertiary/aromatic N) is 3. The van der Waals surface area contributed by atoms with Crippen molar-refractivity contribution in [3.63, 3.8) is 0 Å². The Morgan fingerprint density at radius 2 is 2.14 bits per heavy atom. The minimum absolute atomic E-state index is 0.191. The zero-order valence-electron chi connectivity index (χ0n) is 7.26. The molecule has 14 heavy (non-hydrogen) atoms. The van der Waals surface area contributed by atoms with E-state index in [1.807, 2.05) is 0 Å². The van der Waals surface area contributed by atoms with Crippen molar-refractivity contribution in [2.75, 3.05) is 5.73 Å². The summed E-state index contributed by atoms with van der Waals surface area (Å²) in [4.78, 5) is 0. The van der Waals surface area contributed by atoms with Gasteiger partial charge in [-0.05, 0) is 6.92 Å². The number of nitriles is 1. The largest absolute Gasteiger partial charge is 0.436 e. The molecule has 1 rings (SSSR count). The van der Waals surface area contributed by atoms with Gasteiger partial charge >= 0.3 is 6.18 Å². The van der Waals surface area contributed by atoms with Gasteiger partial charge in [-0.1, -0.05) is 0 Å². The number of hydrogen-bond donors (Lipinski definition) is 1. The average molecular weight is 204 g/mol. The molecule has 0 aliphatic rings. The van der Waals surface area contributed by atoms with Crippen molar-refractivity contribution in [3.8, 4) is 6.07 Å². The maximum atomic E-state index is 12.3. The highest BCUT2D eigenvalue weighted by Crippen LogP contribution is 2.32. The van der Waals surface area contributed by atoms with E-state index in [0.29, 0.717) is 0 Å². The lowest BCUT2D eigenvalue weighted by molar-refractivity contribution is -0.141. The van der Waals surface area contributed by atoms with Crippen LogP contribution in [0, 0.1) is 11.3 Å². The Kier molecular flexibility index (Phi) is 2.38. The molecule has 0 amide bonds. The molecule has 0 saturated carbocycles. The second-order valence-corrected chi connectivity index (χ2v) is 2.53. The first kappa shape index (κ1) is 10.4. The van der Waals surface area contributed by atoms with Crippen LogP contribution in [0.3, 0.4) is 0 Å². The van der Waals surface area contributed by atoms with Gasteiger partial charge < -0.3 is 5.73 Å². The standard InChI is InChI=1S/C7H7F3N4/c1-2-14-6(12)4(3-11)5(13-14)7(8,9)10/h2,12H2,1H3. The smallest absolute Gasteiger partial charge is 0.383 e. The number of aromatic nitrogens is 2. The van der Waals surface area contributed by atoms with E-state index in [4.69, 9.17) is 11.0 Å². The number of alkyl halides is 3. The molecule has 76 valence electrons. The third-order valence-corrected chi connectivity index (χ3v) is 1.67. The Labute approximate surface area is 77.7 Å². The van der Waals surface area contributed by atoms with Crippen LogP contribution in [0.25, 0.3) is 0 Å². The summed E-state index contributed by atoms with van der Waals surface area (Å²) >= 11 is 0. The lowest BCUT2D eigenvalue weighted by Crippen LogP contribution is -2.08. The van der Waals surface area contributed by atoms with Crippen molar-refractivity contribution in [1.29, 1.82) is 5.26 Å². The monoisotopic (exact) mass is 204 g/mol. The molecule has 0 aromatic carbocycles. The molecule has 0 radical (unpaired) electrons. The minimum Gasteiger partial charge on any atom is -0.383 e. The van der Waals surface area contributed by atoms with Gasteiger partial charge in [0.1, 0.15) is 17.5 Å². The molecule has 1 aromatic heterocycles. The molecule has 0 aliphatic heterocycles. The summed E-state index contributed by atoms with van der Waals surface area (Å²) in [6.07, 6.45) is -4.64. The molecule has 0 unspecified atom stereocenters. The van der Waals surface area contributed by atoms with E-state index in [2.05, 4.69) is 5.10 Å². The number of anilines is 1. The van der Waals surface area contributed by atoms with E-state index >= 15 is 0 Å². The van der Waals surface area contributed by atoms with Crippen molar-refractivity contribution in [3.05, 3.63) is 11.3 Å². The van der Waals surface area contributed by atoms with Crippen LogP contribution >= 0.6 is 0 Å². The topological polar surface area (TPSA) is 67.6 Å². The molecule has 0 spiro atoms. The highest BCUT2D eigenvalue weighted by molar-refractivity contribution is 5.52. The van der Waals surface area contributed by atoms with Crippen LogP contribution < -0.4 is 5.73 Å². The Balaban J connectivity index is 3.39. The van der Waals surface area contributed by atoms with Gasteiger partial charge in [-0.15, -0.1) is 0 Å². The first-order chi connectivity index (χ1) is 6.41. The number of halogens is 3. The fourth-order valence-electron chi connectivity index (χ4n) is 1.02. The molecule has 2 N–H and O–H groups in total. The van der Waals surface area contributed by atoms with Crippen LogP contribution in [0.5, 0.6) is 0 Å². The Bertz CT molecular complexity index is 385. The van der Waals surface area contributed by atoms with E-state index in [1.165, 1.54) is 6.07 Å². The number of nitrogens with two attached hydrogens (primary N) is 1. The second kappa shape index (κ2) is 3.21. The van der Waals surface area contributed by atoms with Gasteiger partial charge in [-0.25, -0.2) is 4.68 Å². The van der Waals surface area contributed by atoms with Gasteiger partial charge in [0, 0.05) is 6.54 Å². The lowest BCUT2D eigenvalue weighted by Gasteiger charge is -2.00. The van der Waals surface area contributed by atoms with Crippen LogP contribution in [0.1, 0.15) is 18.2 Å². The summed E-state index contributed by atoms with van der Waals surface area (Å²) in [5, 5.41) is 11.7. The van der Waals surface area contributed by atoms with Crippen molar-refractivity contribution >= 4 is 5.82 Å².